The van der Waals surface area contributed by atoms with Crippen molar-refractivity contribution in [3.05, 3.63) is 36.0 Å². The van der Waals surface area contributed by atoms with Crippen LogP contribution in [0.4, 0.5) is 0 Å². The van der Waals surface area contributed by atoms with Gasteiger partial charge in [0.1, 0.15) is 0 Å². The van der Waals surface area contributed by atoms with E-state index in [1.165, 1.54) is 5.39 Å². The first-order chi connectivity index (χ1) is 12.6. The van der Waals surface area contributed by atoms with Crippen LogP contribution in [0, 0.1) is 0 Å². The van der Waals surface area contributed by atoms with E-state index in [0.717, 1.165) is 63.1 Å². The van der Waals surface area contributed by atoms with Gasteiger partial charge in [0.15, 0.2) is 0 Å². The van der Waals surface area contributed by atoms with Gasteiger partial charge in [-0.3, -0.25) is 9.69 Å². The van der Waals surface area contributed by atoms with E-state index in [-0.39, 0.29) is 11.4 Å². The molecule has 3 heterocycles. The molecule has 1 amide bonds. The number of carbonyl (C=O) groups is 1. The van der Waals surface area contributed by atoms with Gasteiger partial charge in [0.25, 0.3) is 0 Å². The lowest BCUT2D eigenvalue weighted by Crippen LogP contribution is -2.58. The Bertz CT molecular complexity index is 775. The van der Waals surface area contributed by atoms with Crippen LogP contribution in [0.5, 0.6) is 0 Å². The first-order valence-corrected chi connectivity index (χ1v) is 9.80. The van der Waals surface area contributed by atoms with Gasteiger partial charge in [-0.2, -0.15) is 0 Å². The van der Waals surface area contributed by atoms with Gasteiger partial charge in [0.05, 0.1) is 6.42 Å². The number of fused-ring (bicyclic) bond motifs is 1. The van der Waals surface area contributed by atoms with Gasteiger partial charge < -0.3 is 14.8 Å². The predicted octanol–water partition coefficient (Wildman–Crippen LogP) is 2.34. The lowest BCUT2D eigenvalue weighted by atomic mass is 9.85. The molecule has 1 aromatic heterocycles. The highest BCUT2D eigenvalue weighted by molar-refractivity contribution is 5.88. The van der Waals surface area contributed by atoms with Crippen molar-refractivity contribution in [1.82, 2.24) is 19.7 Å². The molecule has 2 aliphatic heterocycles. The first-order valence-electron chi connectivity index (χ1n) is 9.80. The fraction of sp³-hybridized carbons (Fsp3) is 0.571. The second-order valence-corrected chi connectivity index (χ2v) is 8.15. The SMILES string of the molecule is CN1CCC2(CC1)CN(C(=O)Cc1c[nH]c3ccccc13)CCCN2C. The molecule has 0 unspecified atom stereocenters. The molecule has 1 spiro atoms. The first kappa shape index (κ1) is 17.6. The molecule has 5 heteroatoms. The second-order valence-electron chi connectivity index (χ2n) is 8.15. The fourth-order valence-corrected chi connectivity index (χ4v) is 4.63. The number of aromatic nitrogens is 1. The Morgan fingerprint density at radius 3 is 2.69 bits per heavy atom. The van der Waals surface area contributed by atoms with Crippen molar-refractivity contribution in [3.8, 4) is 0 Å². The molecule has 5 nitrogen and oxygen atoms in total. The van der Waals surface area contributed by atoms with Crippen LogP contribution in [0.2, 0.25) is 0 Å². The maximum atomic E-state index is 13.1. The minimum atomic E-state index is 0.152. The van der Waals surface area contributed by atoms with Crippen molar-refractivity contribution in [2.24, 2.45) is 0 Å². The summed E-state index contributed by atoms with van der Waals surface area (Å²) >= 11 is 0. The number of para-hydroxylation sites is 1. The van der Waals surface area contributed by atoms with Gasteiger partial charge in [-0.1, -0.05) is 18.2 Å². The quantitative estimate of drug-likeness (QED) is 0.900. The molecule has 0 atom stereocenters. The van der Waals surface area contributed by atoms with Gasteiger partial charge >= 0.3 is 0 Å². The molecule has 2 aliphatic rings. The van der Waals surface area contributed by atoms with Gasteiger partial charge in [0.2, 0.25) is 5.91 Å². The zero-order valence-electron chi connectivity index (χ0n) is 16.0. The summed E-state index contributed by atoms with van der Waals surface area (Å²) in [5.74, 6) is 0.267. The normalized spacial score (nSPS) is 22.0. The van der Waals surface area contributed by atoms with Crippen LogP contribution in [0.3, 0.4) is 0 Å². The highest BCUT2D eigenvalue weighted by atomic mass is 16.2. The topological polar surface area (TPSA) is 42.6 Å². The molecule has 2 fully saturated rings. The van der Waals surface area contributed by atoms with Crippen molar-refractivity contribution in [2.45, 2.75) is 31.2 Å². The van der Waals surface area contributed by atoms with Crippen LogP contribution >= 0.6 is 0 Å². The lowest BCUT2D eigenvalue weighted by molar-refractivity contribution is -0.132. The highest BCUT2D eigenvalue weighted by Crippen LogP contribution is 2.31. The minimum absolute atomic E-state index is 0.152. The van der Waals surface area contributed by atoms with Crippen LogP contribution in [0.1, 0.15) is 24.8 Å². The molecular formula is C21H30N4O. The summed E-state index contributed by atoms with van der Waals surface area (Å²) < 4.78 is 0. The highest BCUT2D eigenvalue weighted by Gasteiger charge is 2.41. The summed E-state index contributed by atoms with van der Waals surface area (Å²) in [6, 6.07) is 8.23. The van der Waals surface area contributed by atoms with E-state index < -0.39 is 0 Å². The molecule has 1 N–H and O–H groups in total. The number of rotatable bonds is 2. The summed E-state index contributed by atoms with van der Waals surface area (Å²) in [6.07, 6.45) is 5.85. The largest absolute Gasteiger partial charge is 0.361 e. The zero-order chi connectivity index (χ0) is 18.1. The third kappa shape index (κ3) is 3.26. The van der Waals surface area contributed by atoms with Gasteiger partial charge in [-0.25, -0.2) is 0 Å². The average Bonchev–Trinajstić information content (AvgIpc) is 2.98. The molecule has 0 aliphatic carbocycles. The number of nitrogens with one attached hydrogen (secondary N) is 1. The van der Waals surface area contributed by atoms with Crippen molar-refractivity contribution in [3.63, 3.8) is 0 Å². The Kier molecular flexibility index (Phi) is 4.76. The molecule has 26 heavy (non-hydrogen) atoms. The van der Waals surface area contributed by atoms with Crippen LogP contribution in [0.25, 0.3) is 10.9 Å². The number of aromatic amines is 1. The number of hydrogen-bond acceptors (Lipinski definition) is 3. The van der Waals surface area contributed by atoms with Crippen LogP contribution in [-0.2, 0) is 11.2 Å². The van der Waals surface area contributed by atoms with E-state index >= 15 is 0 Å². The maximum absolute atomic E-state index is 13.1. The van der Waals surface area contributed by atoms with E-state index in [0.29, 0.717) is 6.42 Å². The number of carbonyl (C=O) groups excluding carboxylic acids is 1. The molecule has 0 saturated carbocycles. The minimum Gasteiger partial charge on any atom is -0.361 e. The van der Waals surface area contributed by atoms with Crippen LogP contribution < -0.4 is 0 Å². The number of likely N-dealkylation sites (tertiary alicyclic amines) is 1. The smallest absolute Gasteiger partial charge is 0.227 e. The Labute approximate surface area is 155 Å². The summed E-state index contributed by atoms with van der Waals surface area (Å²) in [4.78, 5) is 23.5. The number of amides is 1. The van der Waals surface area contributed by atoms with Crippen molar-refractivity contribution >= 4 is 16.8 Å². The summed E-state index contributed by atoms with van der Waals surface area (Å²) in [7, 11) is 4.45. The molecule has 2 aromatic rings. The number of nitrogens with zero attached hydrogens (tertiary/aromatic N) is 3. The summed E-state index contributed by atoms with van der Waals surface area (Å²) in [5.41, 5.74) is 2.37. The number of hydrogen-bond donors (Lipinski definition) is 1. The molecule has 140 valence electrons. The van der Waals surface area contributed by atoms with E-state index in [4.69, 9.17) is 0 Å². The van der Waals surface area contributed by atoms with E-state index in [1.54, 1.807) is 0 Å². The maximum Gasteiger partial charge on any atom is 0.227 e. The molecule has 4 rings (SSSR count). The zero-order valence-corrected chi connectivity index (χ0v) is 16.0. The number of H-pyrrole nitrogens is 1. The van der Waals surface area contributed by atoms with E-state index in [2.05, 4.69) is 45.9 Å². The standard InChI is InChI=1S/C21H30N4O/c1-23-12-8-21(9-13-23)16-25(11-5-10-24(21)2)20(26)14-17-15-22-19-7-4-3-6-18(17)19/h3-4,6-7,15,22H,5,8-14,16H2,1-2H3. The van der Waals surface area contributed by atoms with Gasteiger partial charge in [0, 0.05) is 42.3 Å². The number of likely N-dealkylation sites (N-methyl/N-ethyl adjacent to an activating group) is 1. The van der Waals surface area contributed by atoms with Gasteiger partial charge in [-0.05, 0) is 58.1 Å². The Hall–Kier alpha value is -1.85. The third-order valence-corrected chi connectivity index (χ3v) is 6.50. The summed E-state index contributed by atoms with van der Waals surface area (Å²) in [6.45, 7) is 5.08. The van der Waals surface area contributed by atoms with E-state index in [9.17, 15) is 4.79 Å². The van der Waals surface area contributed by atoms with Crippen molar-refractivity contribution in [1.29, 1.82) is 0 Å². The monoisotopic (exact) mass is 354 g/mol. The predicted molar refractivity (Wildman–Crippen MR) is 105 cm³/mol. The third-order valence-electron chi connectivity index (χ3n) is 6.50. The Morgan fingerprint density at radius 2 is 1.88 bits per heavy atom. The molecule has 1 aromatic carbocycles. The average molecular weight is 354 g/mol. The Balaban J connectivity index is 1.51. The van der Waals surface area contributed by atoms with Crippen molar-refractivity contribution in [2.75, 3.05) is 46.8 Å². The Morgan fingerprint density at radius 1 is 1.12 bits per heavy atom. The number of benzene rings is 1. The van der Waals surface area contributed by atoms with Crippen LogP contribution in [0.15, 0.2) is 30.5 Å². The molecule has 0 radical (unpaired) electrons. The second kappa shape index (κ2) is 7.05. The molecule has 2 saturated heterocycles. The fourth-order valence-electron chi connectivity index (χ4n) is 4.63. The van der Waals surface area contributed by atoms with Crippen molar-refractivity contribution < 1.29 is 4.79 Å². The van der Waals surface area contributed by atoms with Gasteiger partial charge in [-0.15, -0.1) is 0 Å². The number of piperidine rings is 1. The molecule has 0 bridgehead atoms. The van der Waals surface area contributed by atoms with E-state index in [1.807, 2.05) is 18.3 Å². The van der Waals surface area contributed by atoms with Crippen LogP contribution in [-0.4, -0.2) is 77.9 Å². The lowest BCUT2D eigenvalue weighted by Gasteiger charge is -2.47. The molecular weight excluding hydrogens is 324 g/mol. The summed E-state index contributed by atoms with van der Waals surface area (Å²) in [5, 5.41) is 1.17.